The summed E-state index contributed by atoms with van der Waals surface area (Å²) in [5.41, 5.74) is 0. The van der Waals surface area contributed by atoms with Crippen LogP contribution < -0.4 is 0 Å². The Morgan fingerprint density at radius 3 is 3.23 bits per heavy atom. The number of hydrogen-bond donors (Lipinski definition) is 0. The summed E-state index contributed by atoms with van der Waals surface area (Å²) in [6, 6.07) is 0. The van der Waals surface area contributed by atoms with Crippen LogP contribution in [0.1, 0.15) is 26.6 Å². The molecular formula is C9H16N2OS. The van der Waals surface area contributed by atoms with E-state index < -0.39 is 0 Å². The number of thiocarbonyl (C=S) groups is 1. The van der Waals surface area contributed by atoms with Gasteiger partial charge in [-0.05, 0) is 12.8 Å². The quantitative estimate of drug-likeness (QED) is 0.666. The van der Waals surface area contributed by atoms with E-state index in [1.807, 2.05) is 0 Å². The van der Waals surface area contributed by atoms with Crippen molar-refractivity contribution in [2.45, 2.75) is 19.3 Å². The second kappa shape index (κ2) is 3.38. The highest BCUT2D eigenvalue weighted by Gasteiger charge is 2.28. The van der Waals surface area contributed by atoms with Crippen LogP contribution in [0.4, 0.5) is 0 Å². The zero-order valence-corrected chi connectivity index (χ0v) is 7.96. The van der Waals surface area contributed by atoms with Crippen molar-refractivity contribution in [1.82, 2.24) is 9.55 Å². The summed E-state index contributed by atoms with van der Waals surface area (Å²) in [6.45, 7) is 0. The van der Waals surface area contributed by atoms with Gasteiger partial charge in [0.1, 0.15) is 5.78 Å². The van der Waals surface area contributed by atoms with Crippen LogP contribution in [0.3, 0.4) is 0 Å². The molecule has 1 heterocycles. The highest BCUT2D eigenvalue weighted by atomic mass is 32.1. The minimum atomic E-state index is -0.0517. The number of rotatable bonds is 1. The summed E-state index contributed by atoms with van der Waals surface area (Å²) in [5, 5.41) is 0. The zero-order chi connectivity index (χ0) is 13.3. The molecule has 1 aromatic heterocycles. The highest BCUT2D eigenvalue weighted by molar-refractivity contribution is 7.80. The molecule has 0 radical (unpaired) electrons. The maximum Gasteiger partial charge on any atom is 0.142 e. The maximum absolute atomic E-state index is 11.4. The molecule has 1 atom stereocenters. The Bertz CT molecular complexity index is 347. The lowest BCUT2D eigenvalue weighted by Crippen LogP contribution is -2.22. The molecule has 1 unspecified atom stereocenters. The van der Waals surface area contributed by atoms with E-state index in [-0.39, 0.29) is 13.1 Å². The molecule has 1 aromatic rings. The summed E-state index contributed by atoms with van der Waals surface area (Å²) in [7, 11) is 0. The first-order chi connectivity index (χ1) is 8.29. The second-order valence-corrected chi connectivity index (χ2v) is 3.64. The SMILES string of the molecule is O=C1CCCC1C(=S)n1ccnc1.[3HH].[3H][3H].[3H][3H]. The molecule has 0 bridgehead atoms. The van der Waals surface area contributed by atoms with Gasteiger partial charge in [0.2, 0.25) is 0 Å². The number of hydrogen-bond acceptors (Lipinski definition) is 3. The van der Waals surface area contributed by atoms with Gasteiger partial charge in [0, 0.05) is 26.2 Å². The van der Waals surface area contributed by atoms with Crippen LogP contribution in [0, 0.1) is 5.92 Å². The molecule has 1 saturated carbocycles. The van der Waals surface area contributed by atoms with E-state index >= 15 is 0 Å². The largest absolute Gasteiger partial charge is 0.300 e. The Balaban J connectivity index is 0. The third kappa shape index (κ3) is 1.54. The van der Waals surface area contributed by atoms with E-state index in [1.165, 1.54) is 0 Å². The lowest BCUT2D eigenvalue weighted by atomic mass is 10.1. The van der Waals surface area contributed by atoms with Crippen molar-refractivity contribution in [3.05, 3.63) is 18.7 Å². The molecule has 0 aromatic carbocycles. The van der Waals surface area contributed by atoms with Gasteiger partial charge >= 0.3 is 0 Å². The molecule has 3 nitrogen and oxygen atoms in total. The van der Waals surface area contributed by atoms with E-state index in [2.05, 4.69) is 4.98 Å². The first-order valence-corrected chi connectivity index (χ1v) is 4.75. The molecular weight excluding hydrogens is 184 g/mol. The third-order valence-electron chi connectivity index (χ3n) is 2.36. The summed E-state index contributed by atoms with van der Waals surface area (Å²) in [5.74, 6) is 0.225. The fourth-order valence-corrected chi connectivity index (χ4v) is 2.00. The molecule has 2 rings (SSSR count). The normalized spacial score (nSPS) is 23.4. The fraction of sp³-hybridized carbons (Fsp3) is 0.444. The Kier molecular flexibility index (Phi) is 1.67. The average Bonchev–Trinajstić information content (AvgIpc) is 3.04. The van der Waals surface area contributed by atoms with Gasteiger partial charge in [-0.15, -0.1) is 0 Å². The van der Waals surface area contributed by atoms with E-state index in [0.29, 0.717) is 11.4 Å². The van der Waals surface area contributed by atoms with Gasteiger partial charge in [0.15, 0.2) is 0 Å². The van der Waals surface area contributed by atoms with Crippen molar-refractivity contribution >= 4 is 23.0 Å². The number of aromatic nitrogens is 2. The molecule has 0 N–H and O–H groups in total. The van der Waals surface area contributed by atoms with Crippen LogP contribution in [-0.2, 0) is 4.79 Å². The molecule has 4 heteroatoms. The first kappa shape index (κ1) is 6.43. The molecule has 0 spiro atoms. The second-order valence-electron chi connectivity index (χ2n) is 3.22. The molecule has 13 heavy (non-hydrogen) atoms. The fourth-order valence-electron chi connectivity index (χ4n) is 1.65. The predicted octanol–water partition coefficient (Wildman–Crippen LogP) is 2.17. The van der Waals surface area contributed by atoms with Gasteiger partial charge in [-0.2, -0.15) is 0 Å². The van der Waals surface area contributed by atoms with Gasteiger partial charge in [-0.3, -0.25) is 9.36 Å². The standard InChI is InChI=1S/C9H10N2OS.3H2/c12-8-3-1-2-7(8)9(13)11-5-4-10-6-11;;;/h4-7H,1-3H2;3*1H/i;2*1+2T;1+2. The number of carbonyl (C=O) groups is 1. The number of nitrogens with zero attached hydrogens (tertiary/aromatic N) is 2. The van der Waals surface area contributed by atoms with Crippen LogP contribution in [0.15, 0.2) is 18.7 Å². The maximum atomic E-state index is 11.4. The van der Waals surface area contributed by atoms with Crippen LogP contribution in [0.2, 0.25) is 0 Å². The Labute approximate surface area is 89.4 Å². The van der Waals surface area contributed by atoms with Gasteiger partial charge < -0.3 is 0 Å². The zero-order valence-electron chi connectivity index (χ0n) is 11.1. The Morgan fingerprint density at radius 1 is 1.85 bits per heavy atom. The number of imidazole rings is 1. The topological polar surface area (TPSA) is 34.9 Å². The van der Waals surface area contributed by atoms with Crippen LogP contribution >= 0.6 is 12.2 Å². The lowest BCUT2D eigenvalue weighted by molar-refractivity contribution is -0.118. The number of Topliss-reactive ketones (excluding diaryl/α,β-unsaturated/α-hetero) is 1. The predicted molar refractivity (Wildman–Crippen MR) is 58.9 cm³/mol. The summed E-state index contributed by atoms with van der Waals surface area (Å²) in [6.07, 6.45) is 7.65. The Morgan fingerprint density at radius 2 is 2.69 bits per heavy atom. The molecule has 1 fully saturated rings. The van der Waals surface area contributed by atoms with Crippen molar-refractivity contribution < 1.29 is 12.2 Å². The van der Waals surface area contributed by atoms with Gasteiger partial charge in [0.05, 0.1) is 17.2 Å². The summed E-state index contributed by atoms with van der Waals surface area (Å²) < 4.78 is 21.8. The molecule has 1 aliphatic carbocycles. The average molecular weight is 210 g/mol. The summed E-state index contributed by atoms with van der Waals surface area (Å²) in [4.78, 5) is 16.0. The Hall–Kier alpha value is -1.03. The lowest BCUT2D eigenvalue weighted by Gasteiger charge is -2.09. The van der Waals surface area contributed by atoms with Gasteiger partial charge in [-0.25, -0.2) is 4.98 Å². The first-order valence-electron chi connectivity index (χ1n) is 6.34. The van der Waals surface area contributed by atoms with Gasteiger partial charge in [0.25, 0.3) is 0 Å². The van der Waals surface area contributed by atoms with Crippen LogP contribution in [-0.4, -0.2) is 20.3 Å². The van der Waals surface area contributed by atoms with Crippen molar-refractivity contribution in [2.75, 3.05) is 0 Å². The van der Waals surface area contributed by atoms with Crippen LogP contribution in [0.5, 0.6) is 0 Å². The monoisotopic (exact) mass is 210 g/mol. The van der Waals surface area contributed by atoms with Crippen LogP contribution in [0.25, 0.3) is 0 Å². The minimum absolute atomic E-state index is 0. The van der Waals surface area contributed by atoms with E-state index in [0.717, 1.165) is 12.8 Å². The smallest absolute Gasteiger partial charge is 0.142 e. The highest BCUT2D eigenvalue weighted by Crippen LogP contribution is 2.23. The van der Waals surface area contributed by atoms with Crippen molar-refractivity contribution in [3.63, 3.8) is 0 Å². The van der Waals surface area contributed by atoms with Gasteiger partial charge in [-0.1, -0.05) is 12.2 Å². The molecule has 74 valence electrons. The van der Waals surface area contributed by atoms with Crippen molar-refractivity contribution in [2.24, 2.45) is 5.92 Å². The third-order valence-corrected chi connectivity index (χ3v) is 2.86. The van der Waals surface area contributed by atoms with Crippen molar-refractivity contribution in [3.8, 4) is 0 Å². The molecule has 0 saturated heterocycles. The summed E-state index contributed by atoms with van der Waals surface area (Å²) >= 11 is 5.21. The molecule has 0 aliphatic heterocycles. The molecule has 0 amide bonds. The number of ketones is 1. The molecule has 1 aliphatic rings. The van der Waals surface area contributed by atoms with E-state index in [4.69, 9.17) is 18.2 Å². The van der Waals surface area contributed by atoms with Crippen molar-refractivity contribution in [1.29, 1.82) is 0 Å². The van der Waals surface area contributed by atoms with E-state index in [9.17, 15) is 4.79 Å². The minimum Gasteiger partial charge on any atom is -0.300 e. The van der Waals surface area contributed by atoms with E-state index in [1.54, 1.807) is 23.3 Å². The number of carbonyl (C=O) groups excluding carboxylic acids is 1.